The normalized spacial score (nSPS) is 10.3. The predicted molar refractivity (Wildman–Crippen MR) is 111 cm³/mol. The number of aromatic nitrogens is 1. The number of anilines is 3. The number of carbonyl (C=O) groups excluding carboxylic acids is 1. The third-order valence-corrected chi connectivity index (χ3v) is 4.61. The van der Waals surface area contributed by atoms with Crippen molar-refractivity contribution in [2.75, 3.05) is 24.9 Å². The van der Waals surface area contributed by atoms with E-state index in [9.17, 15) is 4.79 Å². The van der Waals surface area contributed by atoms with Gasteiger partial charge in [-0.1, -0.05) is 17.7 Å². The van der Waals surface area contributed by atoms with Crippen molar-refractivity contribution >= 4 is 34.6 Å². The summed E-state index contributed by atoms with van der Waals surface area (Å²) in [6.07, 6.45) is 3.14. The van der Waals surface area contributed by atoms with E-state index in [1.54, 1.807) is 50.7 Å². The number of hydrogen-bond donors (Lipinski definition) is 2. The summed E-state index contributed by atoms with van der Waals surface area (Å²) in [6.45, 7) is 1.85. The predicted octanol–water partition coefficient (Wildman–Crippen LogP) is 5.06. The molecular formula is C21H20ClN3O3. The number of hydrogen-bond acceptors (Lipinski definition) is 5. The number of methoxy groups -OCH3 is 2. The van der Waals surface area contributed by atoms with Gasteiger partial charge in [-0.3, -0.25) is 9.78 Å². The molecule has 0 aliphatic carbocycles. The van der Waals surface area contributed by atoms with Crippen molar-refractivity contribution in [3.05, 3.63) is 71.0 Å². The average molecular weight is 398 g/mol. The maximum atomic E-state index is 12.6. The number of ether oxygens (including phenoxy) is 2. The van der Waals surface area contributed by atoms with Crippen LogP contribution in [0.15, 0.2) is 54.9 Å². The van der Waals surface area contributed by atoms with Gasteiger partial charge in [0.15, 0.2) is 0 Å². The highest BCUT2D eigenvalue weighted by atomic mass is 35.5. The third-order valence-electron chi connectivity index (χ3n) is 4.20. The van der Waals surface area contributed by atoms with E-state index in [1.807, 2.05) is 19.1 Å². The highest BCUT2D eigenvalue weighted by molar-refractivity contribution is 6.31. The third kappa shape index (κ3) is 4.35. The van der Waals surface area contributed by atoms with Crippen molar-refractivity contribution in [2.45, 2.75) is 6.92 Å². The fraction of sp³-hybridized carbons (Fsp3) is 0.143. The van der Waals surface area contributed by atoms with Gasteiger partial charge in [0.2, 0.25) is 0 Å². The van der Waals surface area contributed by atoms with Crippen LogP contribution in [0.3, 0.4) is 0 Å². The van der Waals surface area contributed by atoms with Crippen LogP contribution in [0, 0.1) is 6.92 Å². The van der Waals surface area contributed by atoms with Crippen molar-refractivity contribution < 1.29 is 14.3 Å². The standard InChI is InChI=1S/C21H20ClN3O3/c1-13-17(22)5-4-6-18(13)25-21(26)14-9-15(12-23-11-14)24-19-8-7-16(27-2)10-20(19)28-3/h4-12,24H,1-3H3,(H,25,26). The van der Waals surface area contributed by atoms with E-state index in [4.69, 9.17) is 21.1 Å². The van der Waals surface area contributed by atoms with Crippen LogP contribution in [0.5, 0.6) is 11.5 Å². The Morgan fingerprint density at radius 1 is 1.04 bits per heavy atom. The van der Waals surface area contributed by atoms with Crippen molar-refractivity contribution in [1.82, 2.24) is 4.98 Å². The maximum Gasteiger partial charge on any atom is 0.257 e. The van der Waals surface area contributed by atoms with Gasteiger partial charge in [-0.2, -0.15) is 0 Å². The molecule has 0 aliphatic heterocycles. The molecule has 28 heavy (non-hydrogen) atoms. The Morgan fingerprint density at radius 2 is 1.86 bits per heavy atom. The number of rotatable bonds is 6. The molecule has 144 valence electrons. The Balaban J connectivity index is 1.80. The minimum absolute atomic E-state index is 0.275. The molecular weight excluding hydrogens is 378 g/mol. The molecule has 0 radical (unpaired) electrons. The lowest BCUT2D eigenvalue weighted by molar-refractivity contribution is 0.102. The number of nitrogens with zero attached hydrogens (tertiary/aromatic N) is 1. The first-order valence-corrected chi connectivity index (χ1v) is 8.90. The first-order valence-electron chi connectivity index (χ1n) is 8.52. The summed E-state index contributed by atoms with van der Waals surface area (Å²) in [4.78, 5) is 16.8. The fourth-order valence-corrected chi connectivity index (χ4v) is 2.80. The number of pyridine rings is 1. The molecule has 3 aromatic rings. The lowest BCUT2D eigenvalue weighted by Gasteiger charge is -2.13. The van der Waals surface area contributed by atoms with Crippen LogP contribution in [-0.2, 0) is 0 Å². The quantitative estimate of drug-likeness (QED) is 0.608. The number of benzene rings is 2. The summed E-state index contributed by atoms with van der Waals surface area (Å²) in [5, 5.41) is 6.67. The summed E-state index contributed by atoms with van der Waals surface area (Å²) in [7, 11) is 3.17. The van der Waals surface area contributed by atoms with Crippen LogP contribution in [-0.4, -0.2) is 25.1 Å². The van der Waals surface area contributed by atoms with Crippen molar-refractivity contribution in [2.24, 2.45) is 0 Å². The molecule has 0 unspecified atom stereocenters. The summed E-state index contributed by atoms with van der Waals surface area (Å²) in [5.74, 6) is 1.03. The van der Waals surface area contributed by atoms with Crippen molar-refractivity contribution in [3.63, 3.8) is 0 Å². The van der Waals surface area contributed by atoms with Gasteiger partial charge in [0.05, 0.1) is 37.4 Å². The number of halogens is 1. The van der Waals surface area contributed by atoms with Gasteiger partial charge in [0.1, 0.15) is 11.5 Å². The second-order valence-corrected chi connectivity index (χ2v) is 6.43. The van der Waals surface area contributed by atoms with E-state index in [0.717, 1.165) is 11.3 Å². The Labute approximate surface area is 168 Å². The van der Waals surface area contributed by atoms with E-state index in [-0.39, 0.29) is 5.91 Å². The Morgan fingerprint density at radius 3 is 2.61 bits per heavy atom. The molecule has 0 saturated carbocycles. The van der Waals surface area contributed by atoms with Crippen molar-refractivity contribution in [3.8, 4) is 11.5 Å². The number of nitrogens with one attached hydrogen (secondary N) is 2. The minimum atomic E-state index is -0.275. The zero-order valence-electron chi connectivity index (χ0n) is 15.7. The summed E-state index contributed by atoms with van der Waals surface area (Å²) >= 11 is 6.11. The van der Waals surface area contributed by atoms with E-state index in [1.165, 1.54) is 6.20 Å². The number of amides is 1. The molecule has 3 rings (SSSR count). The Hall–Kier alpha value is -3.25. The van der Waals surface area contributed by atoms with Crippen LogP contribution < -0.4 is 20.1 Å². The minimum Gasteiger partial charge on any atom is -0.497 e. The van der Waals surface area contributed by atoms with E-state index >= 15 is 0 Å². The molecule has 0 bridgehead atoms. The highest BCUT2D eigenvalue weighted by Gasteiger charge is 2.11. The zero-order valence-corrected chi connectivity index (χ0v) is 16.5. The molecule has 6 nitrogen and oxygen atoms in total. The van der Waals surface area contributed by atoms with E-state index < -0.39 is 0 Å². The summed E-state index contributed by atoms with van der Waals surface area (Å²) in [6, 6.07) is 12.5. The monoisotopic (exact) mass is 397 g/mol. The average Bonchev–Trinajstić information content (AvgIpc) is 2.72. The molecule has 2 aromatic carbocycles. The molecule has 2 N–H and O–H groups in total. The zero-order chi connectivity index (χ0) is 20.1. The lowest BCUT2D eigenvalue weighted by atomic mass is 10.2. The first kappa shape index (κ1) is 19.5. The van der Waals surface area contributed by atoms with Gasteiger partial charge in [-0.15, -0.1) is 0 Å². The maximum absolute atomic E-state index is 12.6. The van der Waals surface area contributed by atoms with Gasteiger partial charge < -0.3 is 20.1 Å². The van der Waals surface area contributed by atoms with Gasteiger partial charge in [-0.05, 0) is 42.8 Å². The topological polar surface area (TPSA) is 72.5 Å². The molecule has 0 aliphatic rings. The second-order valence-electron chi connectivity index (χ2n) is 6.02. The van der Waals surface area contributed by atoms with Crippen LogP contribution >= 0.6 is 11.6 Å². The lowest BCUT2D eigenvalue weighted by Crippen LogP contribution is -2.13. The Bertz CT molecular complexity index is 1010. The van der Waals surface area contributed by atoms with Crippen LogP contribution in [0.1, 0.15) is 15.9 Å². The van der Waals surface area contributed by atoms with Gasteiger partial charge >= 0.3 is 0 Å². The first-order chi connectivity index (χ1) is 13.5. The molecule has 1 aromatic heterocycles. The molecule has 7 heteroatoms. The highest BCUT2D eigenvalue weighted by Crippen LogP contribution is 2.31. The molecule has 0 fully saturated rings. The van der Waals surface area contributed by atoms with Gasteiger partial charge in [-0.25, -0.2) is 0 Å². The molecule has 0 saturated heterocycles. The fourth-order valence-electron chi connectivity index (χ4n) is 2.63. The summed E-state index contributed by atoms with van der Waals surface area (Å²) < 4.78 is 10.6. The molecule has 1 amide bonds. The Kier molecular flexibility index (Phi) is 6.01. The van der Waals surface area contributed by atoms with Crippen LogP contribution in [0.2, 0.25) is 5.02 Å². The van der Waals surface area contributed by atoms with E-state index in [2.05, 4.69) is 15.6 Å². The SMILES string of the molecule is COc1ccc(Nc2cncc(C(=O)Nc3cccc(Cl)c3C)c2)c(OC)c1. The van der Waals surface area contributed by atoms with E-state index in [0.29, 0.717) is 33.5 Å². The largest absolute Gasteiger partial charge is 0.497 e. The molecule has 0 spiro atoms. The van der Waals surface area contributed by atoms with Gasteiger partial charge in [0, 0.05) is 23.0 Å². The number of carbonyl (C=O) groups is 1. The van der Waals surface area contributed by atoms with Crippen LogP contribution in [0.25, 0.3) is 0 Å². The molecule has 0 atom stereocenters. The smallest absolute Gasteiger partial charge is 0.257 e. The second kappa shape index (κ2) is 8.63. The van der Waals surface area contributed by atoms with Crippen LogP contribution in [0.4, 0.5) is 17.1 Å². The van der Waals surface area contributed by atoms with Crippen molar-refractivity contribution in [1.29, 1.82) is 0 Å². The van der Waals surface area contributed by atoms with Gasteiger partial charge in [0.25, 0.3) is 5.91 Å². The summed E-state index contributed by atoms with van der Waals surface area (Å²) in [5.41, 5.74) is 3.26. The molecule has 1 heterocycles.